The lowest BCUT2D eigenvalue weighted by Gasteiger charge is -2.26. The van der Waals surface area contributed by atoms with E-state index >= 15 is 0 Å². The number of rotatable bonds is 7. The minimum atomic E-state index is -0.438. The monoisotopic (exact) mass is 446 g/mol. The Morgan fingerprint density at radius 2 is 1.74 bits per heavy atom. The molecule has 0 bridgehead atoms. The Hall–Kier alpha value is -2.95. The fourth-order valence-electron chi connectivity index (χ4n) is 3.58. The van der Waals surface area contributed by atoms with Crippen molar-refractivity contribution in [1.82, 2.24) is 18.7 Å². The lowest BCUT2D eigenvalue weighted by molar-refractivity contribution is 0.184. The summed E-state index contributed by atoms with van der Waals surface area (Å²) in [4.78, 5) is 30.6. The molecule has 11 heteroatoms. The summed E-state index contributed by atoms with van der Waals surface area (Å²) in [6, 6.07) is 7.35. The number of halogens is 1. The number of aromatic nitrogens is 4. The molecular formula is C20H23ClN6O4. The van der Waals surface area contributed by atoms with Gasteiger partial charge in [0.15, 0.2) is 11.2 Å². The largest absolute Gasteiger partial charge is 0.383 e. The number of imidazole rings is 1. The molecule has 0 spiro atoms. The molecule has 10 nitrogen and oxygen atoms in total. The highest BCUT2D eigenvalue weighted by Gasteiger charge is 2.28. The Morgan fingerprint density at radius 3 is 2.42 bits per heavy atom. The molecule has 4 rings (SSSR count). The number of fused-ring (bicyclic) bond motifs is 3. The Morgan fingerprint density at radius 1 is 1.06 bits per heavy atom. The van der Waals surface area contributed by atoms with Crippen LogP contribution in [-0.4, -0.2) is 58.4 Å². The predicted molar refractivity (Wildman–Crippen MR) is 118 cm³/mol. The van der Waals surface area contributed by atoms with Crippen LogP contribution in [0.4, 0.5) is 5.95 Å². The standard InChI is InChI=1S/C20H23ClN6O4/c1-24-17-16(18(28)25(20(24)29)8-10-30-2)26-12-15(13-4-6-14(21)7-5-13)23-27(9-11-31-3)19(26)22-17/h4-7H,8-12H2,1-3H3. The second kappa shape index (κ2) is 8.66. The van der Waals surface area contributed by atoms with E-state index in [1.165, 1.54) is 16.2 Å². The summed E-state index contributed by atoms with van der Waals surface area (Å²) in [6.07, 6.45) is 0. The van der Waals surface area contributed by atoms with E-state index in [1.54, 1.807) is 35.9 Å². The van der Waals surface area contributed by atoms with Gasteiger partial charge in [-0.15, -0.1) is 0 Å². The van der Waals surface area contributed by atoms with Crippen LogP contribution in [0.5, 0.6) is 0 Å². The second-order valence-electron chi connectivity index (χ2n) is 7.13. The summed E-state index contributed by atoms with van der Waals surface area (Å²) in [5.41, 5.74) is 1.44. The van der Waals surface area contributed by atoms with Gasteiger partial charge >= 0.3 is 5.69 Å². The quantitative estimate of drug-likeness (QED) is 0.538. The number of hydrazone groups is 1. The van der Waals surface area contributed by atoms with E-state index in [0.717, 1.165) is 11.3 Å². The van der Waals surface area contributed by atoms with Crippen LogP contribution < -0.4 is 16.3 Å². The van der Waals surface area contributed by atoms with Crippen LogP contribution in [0, 0.1) is 0 Å². The SMILES string of the molecule is COCCN1N=C(c2ccc(Cl)cc2)Cn2c1nc1c2c(=O)n(CCOC)c(=O)n1C. The molecule has 3 heterocycles. The topological polar surface area (TPSA) is 95.9 Å². The summed E-state index contributed by atoms with van der Waals surface area (Å²) in [5.74, 6) is 0.487. The van der Waals surface area contributed by atoms with E-state index in [1.807, 2.05) is 12.1 Å². The van der Waals surface area contributed by atoms with Crippen LogP contribution in [0.25, 0.3) is 11.2 Å². The first kappa shape index (κ1) is 21.3. The van der Waals surface area contributed by atoms with Crippen molar-refractivity contribution in [3.05, 3.63) is 55.7 Å². The van der Waals surface area contributed by atoms with Crippen LogP contribution in [-0.2, 0) is 29.6 Å². The summed E-state index contributed by atoms with van der Waals surface area (Å²) >= 11 is 6.03. The van der Waals surface area contributed by atoms with Crippen molar-refractivity contribution >= 4 is 34.4 Å². The van der Waals surface area contributed by atoms with Gasteiger partial charge < -0.3 is 9.47 Å². The zero-order chi connectivity index (χ0) is 22.1. The Labute approximate surface area is 182 Å². The Kier molecular flexibility index (Phi) is 5.94. The lowest BCUT2D eigenvalue weighted by Crippen LogP contribution is -2.41. The Bertz CT molecular complexity index is 1260. The third kappa shape index (κ3) is 3.78. The lowest BCUT2D eigenvalue weighted by atomic mass is 10.1. The number of hydrogen-bond acceptors (Lipinski definition) is 7. The number of aryl methyl sites for hydroxylation is 1. The summed E-state index contributed by atoms with van der Waals surface area (Å²) < 4.78 is 14.6. The molecule has 1 aromatic carbocycles. The van der Waals surface area contributed by atoms with Crippen LogP contribution in [0.2, 0.25) is 5.02 Å². The van der Waals surface area contributed by atoms with Crippen LogP contribution in [0.15, 0.2) is 39.0 Å². The number of nitrogens with zero attached hydrogens (tertiary/aromatic N) is 6. The highest BCUT2D eigenvalue weighted by atomic mass is 35.5. The fourth-order valence-corrected chi connectivity index (χ4v) is 3.70. The van der Waals surface area contributed by atoms with Crippen molar-refractivity contribution in [2.24, 2.45) is 12.1 Å². The van der Waals surface area contributed by atoms with Crippen molar-refractivity contribution in [2.45, 2.75) is 13.1 Å². The third-order valence-electron chi connectivity index (χ3n) is 5.20. The summed E-state index contributed by atoms with van der Waals surface area (Å²) in [7, 11) is 4.74. The first-order valence-corrected chi connectivity index (χ1v) is 10.1. The maximum absolute atomic E-state index is 13.3. The van der Waals surface area contributed by atoms with E-state index < -0.39 is 11.2 Å². The van der Waals surface area contributed by atoms with Crippen molar-refractivity contribution < 1.29 is 9.47 Å². The molecule has 0 fully saturated rings. The van der Waals surface area contributed by atoms with Gasteiger partial charge in [-0.1, -0.05) is 23.7 Å². The molecule has 0 N–H and O–H groups in total. The molecule has 31 heavy (non-hydrogen) atoms. The fraction of sp³-hybridized carbons (Fsp3) is 0.400. The Balaban J connectivity index is 1.91. The maximum atomic E-state index is 13.3. The number of methoxy groups -OCH3 is 2. The van der Waals surface area contributed by atoms with Crippen molar-refractivity contribution in [3.8, 4) is 0 Å². The van der Waals surface area contributed by atoms with E-state index in [-0.39, 0.29) is 13.2 Å². The molecule has 1 aliphatic rings. The van der Waals surface area contributed by atoms with Gasteiger partial charge in [-0.3, -0.25) is 18.5 Å². The molecule has 0 radical (unpaired) electrons. The number of benzene rings is 1. The van der Waals surface area contributed by atoms with Gasteiger partial charge in [-0.05, 0) is 17.7 Å². The van der Waals surface area contributed by atoms with Crippen molar-refractivity contribution in [2.75, 3.05) is 39.0 Å². The van der Waals surface area contributed by atoms with Crippen LogP contribution >= 0.6 is 11.6 Å². The zero-order valence-corrected chi connectivity index (χ0v) is 18.3. The predicted octanol–water partition coefficient (Wildman–Crippen LogP) is 1.07. The van der Waals surface area contributed by atoms with Gasteiger partial charge in [0, 0.05) is 26.3 Å². The molecule has 3 aromatic rings. The molecule has 164 valence electrons. The molecule has 0 amide bonds. The molecule has 0 aliphatic carbocycles. The van der Waals surface area contributed by atoms with Gasteiger partial charge in [0.05, 0.1) is 38.6 Å². The van der Waals surface area contributed by atoms with Crippen LogP contribution in [0.1, 0.15) is 5.56 Å². The molecule has 0 atom stereocenters. The van der Waals surface area contributed by atoms with Gasteiger partial charge in [0.25, 0.3) is 5.56 Å². The molecule has 0 unspecified atom stereocenters. The second-order valence-corrected chi connectivity index (χ2v) is 7.57. The van der Waals surface area contributed by atoms with E-state index in [0.29, 0.717) is 41.8 Å². The normalized spacial score (nSPS) is 13.5. The molecule has 1 aliphatic heterocycles. The first-order valence-electron chi connectivity index (χ1n) is 9.75. The van der Waals surface area contributed by atoms with Gasteiger partial charge in [0.2, 0.25) is 5.95 Å². The molecular weight excluding hydrogens is 424 g/mol. The molecule has 2 aromatic heterocycles. The van der Waals surface area contributed by atoms with Gasteiger partial charge in [0.1, 0.15) is 0 Å². The summed E-state index contributed by atoms with van der Waals surface area (Å²) in [6.45, 7) is 1.58. The third-order valence-corrected chi connectivity index (χ3v) is 5.45. The average Bonchev–Trinajstić information content (AvgIpc) is 3.16. The van der Waals surface area contributed by atoms with Gasteiger partial charge in [-0.25, -0.2) is 9.80 Å². The molecule has 0 saturated carbocycles. The average molecular weight is 447 g/mol. The summed E-state index contributed by atoms with van der Waals surface area (Å²) in [5, 5.41) is 7.06. The first-order chi connectivity index (χ1) is 15.0. The van der Waals surface area contributed by atoms with E-state index in [2.05, 4.69) is 4.98 Å². The smallest absolute Gasteiger partial charge is 0.332 e. The maximum Gasteiger partial charge on any atom is 0.332 e. The highest BCUT2D eigenvalue weighted by Crippen LogP contribution is 2.25. The number of hydrogen-bond donors (Lipinski definition) is 0. The molecule has 0 saturated heterocycles. The number of anilines is 1. The van der Waals surface area contributed by atoms with E-state index in [9.17, 15) is 9.59 Å². The van der Waals surface area contributed by atoms with Gasteiger partial charge in [-0.2, -0.15) is 10.1 Å². The van der Waals surface area contributed by atoms with E-state index in [4.69, 9.17) is 26.2 Å². The minimum Gasteiger partial charge on any atom is -0.383 e. The zero-order valence-electron chi connectivity index (χ0n) is 17.5. The highest BCUT2D eigenvalue weighted by molar-refractivity contribution is 6.30. The number of ether oxygens (including phenoxy) is 2. The minimum absolute atomic E-state index is 0.157. The van der Waals surface area contributed by atoms with Crippen molar-refractivity contribution in [3.63, 3.8) is 0 Å². The van der Waals surface area contributed by atoms with Crippen LogP contribution in [0.3, 0.4) is 0 Å². The van der Waals surface area contributed by atoms with Crippen molar-refractivity contribution in [1.29, 1.82) is 0 Å².